The predicted molar refractivity (Wildman–Crippen MR) is 121 cm³/mol. The highest BCUT2D eigenvalue weighted by atomic mass is 16.5. The van der Waals surface area contributed by atoms with Gasteiger partial charge in [-0.3, -0.25) is 4.79 Å². The Balaban J connectivity index is 1.68. The van der Waals surface area contributed by atoms with Gasteiger partial charge in [-0.25, -0.2) is 4.79 Å². The van der Waals surface area contributed by atoms with E-state index in [2.05, 4.69) is 0 Å². The topological polar surface area (TPSA) is 48.3 Å². The second-order valence-electron chi connectivity index (χ2n) is 7.38. The van der Waals surface area contributed by atoms with Gasteiger partial charge in [-0.1, -0.05) is 78.9 Å². The summed E-state index contributed by atoms with van der Waals surface area (Å²) in [6, 6.07) is 29.7. The number of ketones is 1. The van der Waals surface area contributed by atoms with E-state index < -0.39 is 12.1 Å². The minimum atomic E-state index is -1.02. The summed E-state index contributed by atoms with van der Waals surface area (Å²) in [5, 5.41) is 0. The van der Waals surface area contributed by atoms with Crippen molar-refractivity contribution < 1.29 is 14.3 Å². The van der Waals surface area contributed by atoms with Crippen LogP contribution in [0, 0.1) is 13.8 Å². The number of carbonyl (C=O) groups excluding carboxylic acids is 2. The van der Waals surface area contributed by atoms with Crippen LogP contribution in [0.15, 0.2) is 97.1 Å². The monoisotopic (exact) mass is 409 g/mol. The van der Waals surface area contributed by atoms with E-state index in [9.17, 15) is 9.59 Å². The first-order valence-corrected chi connectivity index (χ1v) is 10.2. The molecule has 0 saturated heterocycles. The number of benzene rings is 3. The van der Waals surface area contributed by atoms with E-state index >= 15 is 0 Å². The molecule has 154 valence electrons. The summed E-state index contributed by atoms with van der Waals surface area (Å²) >= 11 is 0. The summed E-state index contributed by atoms with van der Waals surface area (Å²) in [6.07, 6.45) is -1.02. The average molecular weight is 409 g/mol. The van der Waals surface area contributed by atoms with Crippen LogP contribution in [0.25, 0.3) is 5.69 Å². The van der Waals surface area contributed by atoms with Crippen LogP contribution in [0.4, 0.5) is 0 Å². The van der Waals surface area contributed by atoms with Crippen LogP contribution in [0.1, 0.15) is 43.8 Å². The molecule has 31 heavy (non-hydrogen) atoms. The first-order chi connectivity index (χ1) is 15.1. The zero-order valence-electron chi connectivity index (χ0n) is 17.5. The van der Waals surface area contributed by atoms with Crippen molar-refractivity contribution in [3.63, 3.8) is 0 Å². The van der Waals surface area contributed by atoms with Crippen LogP contribution in [0.5, 0.6) is 0 Å². The fraction of sp³-hybridized carbons (Fsp3) is 0.111. The maximum Gasteiger partial charge on any atom is 0.341 e. The molecule has 0 saturated carbocycles. The lowest BCUT2D eigenvalue weighted by Gasteiger charge is -2.18. The lowest BCUT2D eigenvalue weighted by molar-refractivity contribution is 0.0279. The normalized spacial score (nSPS) is 11.7. The van der Waals surface area contributed by atoms with Gasteiger partial charge >= 0.3 is 5.97 Å². The quantitative estimate of drug-likeness (QED) is 0.295. The van der Waals surface area contributed by atoms with Gasteiger partial charge < -0.3 is 9.30 Å². The number of ether oxygens (including phenoxy) is 1. The molecular weight excluding hydrogens is 386 g/mol. The Morgan fingerprint density at radius 2 is 1.32 bits per heavy atom. The van der Waals surface area contributed by atoms with Crippen molar-refractivity contribution in [3.8, 4) is 5.69 Å². The molecular formula is C27H23NO3. The van der Waals surface area contributed by atoms with Gasteiger partial charge in [-0.15, -0.1) is 0 Å². The molecule has 0 spiro atoms. The smallest absolute Gasteiger partial charge is 0.341 e. The lowest BCUT2D eigenvalue weighted by atomic mass is 10.00. The van der Waals surface area contributed by atoms with Crippen molar-refractivity contribution >= 4 is 11.8 Å². The zero-order valence-corrected chi connectivity index (χ0v) is 17.5. The molecule has 0 bridgehead atoms. The Morgan fingerprint density at radius 1 is 0.774 bits per heavy atom. The van der Waals surface area contributed by atoms with Crippen molar-refractivity contribution in [2.75, 3.05) is 0 Å². The fourth-order valence-corrected chi connectivity index (χ4v) is 3.77. The van der Waals surface area contributed by atoms with E-state index in [4.69, 9.17) is 4.74 Å². The molecule has 4 rings (SSSR count). The Morgan fingerprint density at radius 3 is 1.94 bits per heavy atom. The van der Waals surface area contributed by atoms with Crippen molar-refractivity contribution in [2.45, 2.75) is 20.0 Å². The predicted octanol–water partition coefficient (Wildman–Crippen LogP) is 5.88. The molecule has 0 aliphatic rings. The maximum atomic E-state index is 13.2. The number of esters is 1. The van der Waals surface area contributed by atoms with Gasteiger partial charge in [-0.2, -0.15) is 0 Å². The molecule has 4 nitrogen and oxygen atoms in total. The molecule has 1 atom stereocenters. The standard InChI is InChI=1S/C27H23NO3/c1-19-18-24(20(2)28(19)23-16-10-5-11-17-23)27(30)31-26(22-14-8-4-9-15-22)25(29)21-12-6-3-7-13-21/h3-18,26H,1-2H3/t26-/m0/s1. The molecule has 4 heteroatoms. The zero-order chi connectivity index (χ0) is 21.8. The van der Waals surface area contributed by atoms with E-state index in [1.807, 2.05) is 73.0 Å². The largest absolute Gasteiger partial charge is 0.445 e. The first kappa shape index (κ1) is 20.4. The molecule has 1 aromatic heterocycles. The lowest BCUT2D eigenvalue weighted by Crippen LogP contribution is -2.20. The van der Waals surface area contributed by atoms with Gasteiger partial charge in [0.25, 0.3) is 0 Å². The number of hydrogen-bond donors (Lipinski definition) is 0. The highest BCUT2D eigenvalue weighted by Gasteiger charge is 2.28. The van der Waals surface area contributed by atoms with Crippen molar-refractivity contribution in [3.05, 3.63) is 125 Å². The molecule has 0 radical (unpaired) electrons. The average Bonchev–Trinajstić information content (AvgIpc) is 3.12. The van der Waals surface area contributed by atoms with Crippen molar-refractivity contribution in [1.29, 1.82) is 0 Å². The van der Waals surface area contributed by atoms with E-state index in [1.165, 1.54) is 0 Å². The number of hydrogen-bond acceptors (Lipinski definition) is 3. The Hall–Kier alpha value is -3.92. The second-order valence-corrected chi connectivity index (χ2v) is 7.38. The number of carbonyl (C=O) groups is 2. The van der Waals surface area contributed by atoms with Gasteiger partial charge in [0.15, 0.2) is 6.10 Å². The van der Waals surface area contributed by atoms with Gasteiger partial charge in [0.1, 0.15) is 0 Å². The number of para-hydroxylation sites is 1. The Kier molecular flexibility index (Phi) is 5.80. The maximum absolute atomic E-state index is 13.2. The molecule has 0 fully saturated rings. The van der Waals surface area contributed by atoms with E-state index in [0.29, 0.717) is 16.7 Å². The summed E-state index contributed by atoms with van der Waals surface area (Å²) in [4.78, 5) is 26.4. The third kappa shape index (κ3) is 4.19. The molecule has 3 aromatic carbocycles. The van der Waals surface area contributed by atoms with Gasteiger partial charge in [-0.05, 0) is 32.0 Å². The van der Waals surface area contributed by atoms with Crippen LogP contribution in [0.2, 0.25) is 0 Å². The van der Waals surface area contributed by atoms with Crippen molar-refractivity contribution in [1.82, 2.24) is 4.57 Å². The molecule has 0 aliphatic carbocycles. The Bertz CT molecular complexity index is 1200. The number of aryl methyl sites for hydroxylation is 1. The number of rotatable bonds is 6. The van der Waals surface area contributed by atoms with Crippen LogP contribution in [-0.2, 0) is 4.74 Å². The number of Topliss-reactive ketones (excluding diaryl/α,β-unsaturated/α-hetero) is 1. The minimum absolute atomic E-state index is 0.253. The van der Waals surface area contributed by atoms with Gasteiger partial charge in [0.2, 0.25) is 5.78 Å². The van der Waals surface area contributed by atoms with Crippen LogP contribution in [-0.4, -0.2) is 16.3 Å². The van der Waals surface area contributed by atoms with E-state index in [0.717, 1.165) is 17.1 Å². The van der Waals surface area contributed by atoms with E-state index in [1.54, 1.807) is 42.5 Å². The van der Waals surface area contributed by atoms with E-state index in [-0.39, 0.29) is 5.78 Å². The molecule has 4 aromatic rings. The Labute approximate surface area is 181 Å². The number of aromatic nitrogens is 1. The molecule has 0 amide bonds. The SMILES string of the molecule is Cc1cc(C(=O)O[C@H](C(=O)c2ccccc2)c2ccccc2)c(C)n1-c1ccccc1. The summed E-state index contributed by atoms with van der Waals surface area (Å²) in [5.74, 6) is -0.773. The van der Waals surface area contributed by atoms with Crippen LogP contribution in [0.3, 0.4) is 0 Å². The highest BCUT2D eigenvalue weighted by Crippen LogP contribution is 2.27. The third-order valence-electron chi connectivity index (χ3n) is 5.29. The first-order valence-electron chi connectivity index (χ1n) is 10.2. The summed E-state index contributed by atoms with van der Waals surface area (Å²) < 4.78 is 7.83. The highest BCUT2D eigenvalue weighted by molar-refractivity contribution is 6.02. The molecule has 0 N–H and O–H groups in total. The second kappa shape index (κ2) is 8.84. The van der Waals surface area contributed by atoms with Crippen LogP contribution < -0.4 is 0 Å². The summed E-state index contributed by atoms with van der Waals surface area (Å²) in [5.41, 5.74) is 4.24. The fourth-order valence-electron chi connectivity index (χ4n) is 3.77. The van der Waals surface area contributed by atoms with Gasteiger partial charge in [0.05, 0.1) is 5.56 Å². The molecule has 0 aliphatic heterocycles. The summed E-state index contributed by atoms with van der Waals surface area (Å²) in [7, 11) is 0. The number of nitrogens with zero attached hydrogens (tertiary/aromatic N) is 1. The van der Waals surface area contributed by atoms with Crippen LogP contribution >= 0.6 is 0 Å². The minimum Gasteiger partial charge on any atom is -0.445 e. The third-order valence-corrected chi connectivity index (χ3v) is 5.29. The van der Waals surface area contributed by atoms with Crippen molar-refractivity contribution in [2.24, 2.45) is 0 Å². The molecule has 1 heterocycles. The summed E-state index contributed by atoms with van der Waals surface area (Å²) in [6.45, 7) is 3.83. The molecule has 0 unspecified atom stereocenters. The van der Waals surface area contributed by atoms with Gasteiger partial charge in [0, 0.05) is 28.2 Å².